The Labute approximate surface area is 177 Å². The number of aromatic nitrogens is 3. The van der Waals surface area contributed by atoms with Crippen molar-refractivity contribution >= 4 is 44.9 Å². The minimum absolute atomic E-state index is 0.160. The fourth-order valence-electron chi connectivity index (χ4n) is 3.57. The van der Waals surface area contributed by atoms with Crippen molar-refractivity contribution in [2.45, 2.75) is 19.8 Å². The topological polar surface area (TPSA) is 62.5 Å². The molecule has 3 heterocycles. The molecular weight excluding hydrogens is 442 g/mol. The minimum Gasteiger partial charge on any atom is -0.370 e. The van der Waals surface area contributed by atoms with E-state index in [2.05, 4.69) is 26.3 Å². The van der Waals surface area contributed by atoms with Crippen molar-refractivity contribution in [3.63, 3.8) is 0 Å². The highest BCUT2D eigenvalue weighted by Gasteiger charge is 2.21. The molecule has 2 aromatic heterocycles. The molecule has 1 fully saturated rings. The van der Waals surface area contributed by atoms with Gasteiger partial charge in [-0.05, 0) is 40.8 Å². The number of nitrogens with zero attached hydrogens (tertiary/aromatic N) is 4. The monoisotopic (exact) mass is 461 g/mol. The molecule has 0 unspecified atom stereocenters. The van der Waals surface area contributed by atoms with E-state index in [4.69, 9.17) is 16.6 Å². The van der Waals surface area contributed by atoms with Crippen molar-refractivity contribution in [1.29, 1.82) is 0 Å². The molecule has 1 aliphatic heterocycles. The number of hydrogen-bond acceptors (Lipinski definition) is 4. The van der Waals surface area contributed by atoms with Gasteiger partial charge in [-0.15, -0.1) is 0 Å². The number of anilines is 1. The van der Waals surface area contributed by atoms with Crippen LogP contribution < -0.4 is 5.32 Å². The highest BCUT2D eigenvalue weighted by atomic mass is 79.9. The summed E-state index contributed by atoms with van der Waals surface area (Å²) in [4.78, 5) is 18.2. The lowest BCUT2D eigenvalue weighted by Gasteiger charge is -2.31. The maximum absolute atomic E-state index is 11.5. The number of amides is 1. The number of rotatable bonds is 4. The summed E-state index contributed by atoms with van der Waals surface area (Å²) in [7, 11) is 0. The Bertz CT molecular complexity index is 1010. The third-order valence-electron chi connectivity index (χ3n) is 5.21. The standard InChI is InChI=1S/C20H21BrClN5O/c1-13(28)26-8-6-14(7-9-26)11-23-19-10-18(15-4-2-3-5-17(15)22)25-20-16(21)12-24-27(19)20/h2-5,10,12,14,23H,6-9,11H2,1H3. The van der Waals surface area contributed by atoms with Crippen molar-refractivity contribution in [3.8, 4) is 11.3 Å². The van der Waals surface area contributed by atoms with Gasteiger partial charge in [0.2, 0.25) is 5.91 Å². The van der Waals surface area contributed by atoms with E-state index in [1.165, 1.54) is 0 Å². The molecule has 1 aliphatic rings. The van der Waals surface area contributed by atoms with E-state index in [-0.39, 0.29) is 5.91 Å². The van der Waals surface area contributed by atoms with E-state index in [0.717, 1.165) is 59.7 Å². The average molecular weight is 463 g/mol. The van der Waals surface area contributed by atoms with Crippen LogP contribution in [0.5, 0.6) is 0 Å². The van der Waals surface area contributed by atoms with Gasteiger partial charge >= 0.3 is 0 Å². The van der Waals surface area contributed by atoms with Crippen molar-refractivity contribution < 1.29 is 4.79 Å². The molecule has 0 radical (unpaired) electrons. The molecule has 146 valence electrons. The SMILES string of the molecule is CC(=O)N1CCC(CNc2cc(-c3ccccc3Cl)nc3c(Br)cnn23)CC1. The van der Waals surface area contributed by atoms with Crippen LogP contribution in [0.15, 0.2) is 41.0 Å². The summed E-state index contributed by atoms with van der Waals surface area (Å²) < 4.78 is 2.63. The molecule has 1 amide bonds. The van der Waals surface area contributed by atoms with Crippen molar-refractivity contribution in [2.24, 2.45) is 5.92 Å². The smallest absolute Gasteiger partial charge is 0.219 e. The maximum atomic E-state index is 11.5. The Kier molecular flexibility index (Phi) is 5.55. The number of halogens is 2. The van der Waals surface area contributed by atoms with Crippen LogP contribution in [0.25, 0.3) is 16.9 Å². The number of piperidine rings is 1. The summed E-state index contributed by atoms with van der Waals surface area (Å²) in [6.07, 6.45) is 3.75. The lowest BCUT2D eigenvalue weighted by molar-refractivity contribution is -0.130. The number of carbonyl (C=O) groups excluding carboxylic acids is 1. The summed E-state index contributed by atoms with van der Waals surface area (Å²) >= 11 is 9.92. The third-order valence-corrected chi connectivity index (χ3v) is 6.10. The van der Waals surface area contributed by atoms with Gasteiger partial charge < -0.3 is 10.2 Å². The molecule has 3 aromatic rings. The number of hydrogen-bond donors (Lipinski definition) is 1. The van der Waals surface area contributed by atoms with Gasteiger partial charge in [-0.2, -0.15) is 9.61 Å². The molecule has 0 spiro atoms. The van der Waals surface area contributed by atoms with Gasteiger partial charge in [-0.25, -0.2) is 4.98 Å². The predicted octanol–water partition coefficient (Wildman–Crippen LogP) is 4.48. The van der Waals surface area contributed by atoms with Crippen LogP contribution in [-0.2, 0) is 4.79 Å². The van der Waals surface area contributed by atoms with Crippen LogP contribution in [-0.4, -0.2) is 45.0 Å². The summed E-state index contributed by atoms with van der Waals surface area (Å²) in [5.74, 6) is 1.55. The first-order valence-corrected chi connectivity index (χ1v) is 10.5. The Hall–Kier alpha value is -2.12. The Balaban J connectivity index is 1.58. The zero-order chi connectivity index (χ0) is 19.7. The number of likely N-dealkylation sites (tertiary alicyclic amines) is 1. The zero-order valence-corrected chi connectivity index (χ0v) is 17.9. The maximum Gasteiger partial charge on any atom is 0.219 e. The van der Waals surface area contributed by atoms with Crippen molar-refractivity contribution in [3.05, 3.63) is 46.0 Å². The van der Waals surface area contributed by atoms with Gasteiger partial charge in [-0.3, -0.25) is 4.79 Å². The molecule has 0 bridgehead atoms. The molecule has 1 N–H and O–H groups in total. The van der Waals surface area contributed by atoms with Crippen molar-refractivity contribution in [2.75, 3.05) is 25.0 Å². The second-order valence-corrected chi connectivity index (χ2v) is 8.33. The summed E-state index contributed by atoms with van der Waals surface area (Å²) in [6, 6.07) is 9.68. The molecular formula is C20H21BrClN5O. The summed E-state index contributed by atoms with van der Waals surface area (Å²) in [5, 5.41) is 8.64. The minimum atomic E-state index is 0.160. The highest BCUT2D eigenvalue weighted by Crippen LogP contribution is 2.30. The zero-order valence-electron chi connectivity index (χ0n) is 15.5. The average Bonchev–Trinajstić information content (AvgIpc) is 3.08. The van der Waals surface area contributed by atoms with E-state index in [0.29, 0.717) is 10.9 Å². The molecule has 1 saturated heterocycles. The second-order valence-electron chi connectivity index (χ2n) is 7.06. The van der Waals surface area contributed by atoms with Crippen LogP contribution in [0.2, 0.25) is 5.02 Å². The van der Waals surface area contributed by atoms with Crippen molar-refractivity contribution in [1.82, 2.24) is 19.5 Å². The molecule has 4 rings (SSSR count). The molecule has 0 aliphatic carbocycles. The van der Waals surface area contributed by atoms with Gasteiger partial charge in [0.25, 0.3) is 0 Å². The van der Waals surface area contributed by atoms with Gasteiger partial charge in [-0.1, -0.05) is 29.8 Å². The van der Waals surface area contributed by atoms with Crippen LogP contribution >= 0.6 is 27.5 Å². The predicted molar refractivity (Wildman–Crippen MR) is 115 cm³/mol. The second kappa shape index (κ2) is 8.09. The fourth-order valence-corrected chi connectivity index (χ4v) is 4.15. The van der Waals surface area contributed by atoms with Crippen LogP contribution in [0, 0.1) is 5.92 Å². The number of benzene rings is 1. The van der Waals surface area contributed by atoms with E-state index in [1.807, 2.05) is 35.2 Å². The first kappa shape index (κ1) is 19.2. The number of carbonyl (C=O) groups is 1. The molecule has 28 heavy (non-hydrogen) atoms. The largest absolute Gasteiger partial charge is 0.370 e. The van der Waals surface area contributed by atoms with Gasteiger partial charge in [0.05, 0.1) is 16.4 Å². The first-order valence-electron chi connectivity index (χ1n) is 9.31. The number of fused-ring (bicyclic) bond motifs is 1. The molecule has 0 atom stereocenters. The molecule has 1 aromatic carbocycles. The van der Waals surface area contributed by atoms with Crippen LogP contribution in [0.3, 0.4) is 0 Å². The summed E-state index contributed by atoms with van der Waals surface area (Å²) in [6.45, 7) is 4.11. The molecule has 0 saturated carbocycles. The summed E-state index contributed by atoms with van der Waals surface area (Å²) in [5.41, 5.74) is 2.43. The van der Waals surface area contributed by atoms with E-state index < -0.39 is 0 Å². The van der Waals surface area contributed by atoms with Crippen LogP contribution in [0.4, 0.5) is 5.82 Å². The normalized spacial score (nSPS) is 15.2. The Morgan fingerprint density at radius 2 is 2.07 bits per heavy atom. The van der Waals surface area contributed by atoms with Gasteiger partial charge in [0.15, 0.2) is 5.65 Å². The lowest BCUT2D eigenvalue weighted by Crippen LogP contribution is -2.38. The number of nitrogens with one attached hydrogen (secondary N) is 1. The lowest BCUT2D eigenvalue weighted by atomic mass is 9.97. The molecule has 6 nitrogen and oxygen atoms in total. The Morgan fingerprint density at radius 3 is 2.79 bits per heavy atom. The Morgan fingerprint density at radius 1 is 1.32 bits per heavy atom. The van der Waals surface area contributed by atoms with Gasteiger partial charge in [0, 0.05) is 43.2 Å². The molecule has 8 heteroatoms. The van der Waals surface area contributed by atoms with E-state index in [1.54, 1.807) is 17.6 Å². The first-order chi connectivity index (χ1) is 13.5. The van der Waals surface area contributed by atoms with Crippen LogP contribution in [0.1, 0.15) is 19.8 Å². The third kappa shape index (κ3) is 3.86. The van der Waals surface area contributed by atoms with Gasteiger partial charge in [0.1, 0.15) is 5.82 Å². The quantitative estimate of drug-likeness (QED) is 0.621. The highest BCUT2D eigenvalue weighted by molar-refractivity contribution is 9.10. The van der Waals surface area contributed by atoms with E-state index >= 15 is 0 Å². The fraction of sp³-hybridized carbons (Fsp3) is 0.350. The van der Waals surface area contributed by atoms with E-state index in [9.17, 15) is 4.79 Å².